The molecule has 0 amide bonds. The Kier molecular flexibility index (Phi) is 6.14. The molecular weight excluding hydrogens is 476 g/mol. The zero-order valence-electron chi connectivity index (χ0n) is 16.9. The van der Waals surface area contributed by atoms with Gasteiger partial charge in [0.25, 0.3) is 0 Å². The SMILES string of the molecule is OC[C@H]1OC(n2cnc3c(NCc4cc(C(F)(F)F)cc(C(F)(F)F)c4)ncnc32)[C@H](O)[C@@H]1O. The van der Waals surface area contributed by atoms with Gasteiger partial charge in [0.15, 0.2) is 23.2 Å². The Morgan fingerprint density at radius 2 is 1.59 bits per heavy atom. The van der Waals surface area contributed by atoms with Crippen LogP contribution in [0.5, 0.6) is 0 Å². The molecule has 2 aromatic heterocycles. The maximum Gasteiger partial charge on any atom is 0.416 e. The summed E-state index contributed by atoms with van der Waals surface area (Å²) in [5, 5.41) is 32.1. The van der Waals surface area contributed by atoms with Crippen LogP contribution in [0.4, 0.5) is 32.2 Å². The van der Waals surface area contributed by atoms with Crippen molar-refractivity contribution in [1.29, 1.82) is 0 Å². The van der Waals surface area contributed by atoms with Crippen molar-refractivity contribution in [3.8, 4) is 0 Å². The molecule has 1 unspecified atom stereocenters. The van der Waals surface area contributed by atoms with Crippen LogP contribution in [0.1, 0.15) is 22.9 Å². The van der Waals surface area contributed by atoms with Crippen LogP contribution in [0, 0.1) is 0 Å². The third-order valence-electron chi connectivity index (χ3n) is 5.26. The molecule has 1 fully saturated rings. The summed E-state index contributed by atoms with van der Waals surface area (Å²) in [5.41, 5.74) is -2.99. The molecule has 34 heavy (non-hydrogen) atoms. The quantitative estimate of drug-likeness (QED) is 0.399. The second-order valence-electron chi connectivity index (χ2n) is 7.54. The number of aromatic nitrogens is 4. The van der Waals surface area contributed by atoms with E-state index in [2.05, 4.69) is 20.3 Å². The molecule has 0 spiro atoms. The van der Waals surface area contributed by atoms with E-state index < -0.39 is 61.2 Å². The molecule has 3 aromatic rings. The number of nitrogens with one attached hydrogen (secondary N) is 1. The van der Waals surface area contributed by atoms with Crippen LogP contribution in [0.3, 0.4) is 0 Å². The molecule has 1 aliphatic heterocycles. The highest BCUT2D eigenvalue weighted by Crippen LogP contribution is 2.37. The van der Waals surface area contributed by atoms with Gasteiger partial charge >= 0.3 is 12.4 Å². The van der Waals surface area contributed by atoms with Crippen LogP contribution in [0.25, 0.3) is 11.2 Å². The molecule has 4 N–H and O–H groups in total. The maximum absolute atomic E-state index is 13.1. The Morgan fingerprint density at radius 3 is 2.15 bits per heavy atom. The molecule has 9 nitrogen and oxygen atoms in total. The molecule has 1 saturated heterocycles. The predicted octanol–water partition coefficient (Wildman–Crippen LogP) is 2.09. The van der Waals surface area contributed by atoms with Crippen LogP contribution in [-0.2, 0) is 23.6 Å². The van der Waals surface area contributed by atoms with Gasteiger partial charge < -0.3 is 25.4 Å². The number of imidazole rings is 1. The summed E-state index contributed by atoms with van der Waals surface area (Å²) < 4.78 is 85.2. The minimum absolute atomic E-state index is 0.00136. The number of aliphatic hydroxyl groups is 3. The normalized spacial score (nSPS) is 23.6. The lowest BCUT2D eigenvalue weighted by molar-refractivity contribution is -0.143. The summed E-state index contributed by atoms with van der Waals surface area (Å²) >= 11 is 0. The van der Waals surface area contributed by atoms with E-state index in [4.69, 9.17) is 4.74 Å². The molecule has 4 rings (SSSR count). The Balaban J connectivity index is 1.62. The van der Waals surface area contributed by atoms with E-state index in [-0.39, 0.29) is 28.6 Å². The number of hydrogen-bond acceptors (Lipinski definition) is 8. The average Bonchev–Trinajstić information content (AvgIpc) is 3.32. The molecule has 0 radical (unpaired) electrons. The summed E-state index contributed by atoms with van der Waals surface area (Å²) in [6.07, 6.45) is -12.7. The van der Waals surface area contributed by atoms with Gasteiger partial charge in [0, 0.05) is 6.54 Å². The Hall–Kier alpha value is -3.01. The van der Waals surface area contributed by atoms with Crippen LogP contribution in [-0.4, -0.2) is 59.8 Å². The minimum atomic E-state index is -4.98. The van der Waals surface area contributed by atoms with Gasteiger partial charge in [-0.15, -0.1) is 0 Å². The third kappa shape index (κ3) is 4.51. The van der Waals surface area contributed by atoms with E-state index in [0.717, 1.165) is 6.33 Å². The molecule has 0 aliphatic carbocycles. The lowest BCUT2D eigenvalue weighted by Gasteiger charge is -2.16. The third-order valence-corrected chi connectivity index (χ3v) is 5.26. The van der Waals surface area contributed by atoms with Crippen molar-refractivity contribution in [3.05, 3.63) is 47.5 Å². The van der Waals surface area contributed by atoms with Crippen molar-refractivity contribution in [2.24, 2.45) is 0 Å². The second kappa shape index (κ2) is 8.65. The number of hydrogen-bond donors (Lipinski definition) is 4. The summed E-state index contributed by atoms with van der Waals surface area (Å²) in [6.45, 7) is -1.00. The first-order chi connectivity index (χ1) is 15.9. The Morgan fingerprint density at radius 1 is 0.941 bits per heavy atom. The predicted molar refractivity (Wildman–Crippen MR) is 102 cm³/mol. The van der Waals surface area contributed by atoms with Crippen molar-refractivity contribution >= 4 is 17.0 Å². The van der Waals surface area contributed by atoms with Crippen LogP contribution >= 0.6 is 0 Å². The molecule has 184 valence electrons. The topological polar surface area (TPSA) is 126 Å². The van der Waals surface area contributed by atoms with Gasteiger partial charge in [0.1, 0.15) is 24.6 Å². The van der Waals surface area contributed by atoms with Crippen molar-refractivity contribution < 1.29 is 46.4 Å². The first-order valence-electron chi connectivity index (χ1n) is 9.72. The fourth-order valence-electron chi connectivity index (χ4n) is 3.58. The van der Waals surface area contributed by atoms with Gasteiger partial charge in [-0.25, -0.2) is 15.0 Å². The van der Waals surface area contributed by atoms with Crippen molar-refractivity contribution in [2.75, 3.05) is 11.9 Å². The van der Waals surface area contributed by atoms with Gasteiger partial charge in [-0.3, -0.25) is 4.57 Å². The van der Waals surface area contributed by atoms with E-state index in [0.29, 0.717) is 12.1 Å². The molecule has 0 bridgehead atoms. The molecule has 3 heterocycles. The molecule has 1 aliphatic rings. The van der Waals surface area contributed by atoms with Crippen molar-refractivity contribution in [2.45, 2.75) is 43.4 Å². The Bertz CT molecular complexity index is 1150. The number of fused-ring (bicyclic) bond motifs is 1. The number of nitrogens with zero attached hydrogens (tertiary/aromatic N) is 4. The minimum Gasteiger partial charge on any atom is -0.394 e. The monoisotopic (exact) mass is 493 g/mol. The van der Waals surface area contributed by atoms with E-state index in [1.165, 1.54) is 10.9 Å². The highest BCUT2D eigenvalue weighted by molar-refractivity contribution is 5.82. The maximum atomic E-state index is 13.1. The van der Waals surface area contributed by atoms with Crippen LogP contribution in [0.15, 0.2) is 30.9 Å². The number of halogens is 6. The first-order valence-corrected chi connectivity index (χ1v) is 9.72. The summed E-state index contributed by atoms with van der Waals surface area (Å²) in [6, 6.07) is 1.23. The lowest BCUT2D eigenvalue weighted by Crippen LogP contribution is -2.33. The summed E-state index contributed by atoms with van der Waals surface area (Å²) in [4.78, 5) is 12.0. The zero-order chi connectivity index (χ0) is 24.8. The number of anilines is 1. The molecule has 4 atom stereocenters. The number of rotatable bonds is 5. The van der Waals surface area contributed by atoms with Crippen LogP contribution < -0.4 is 5.32 Å². The molecule has 15 heteroatoms. The lowest BCUT2D eigenvalue weighted by atomic mass is 10.0. The van der Waals surface area contributed by atoms with Gasteiger partial charge in [-0.1, -0.05) is 0 Å². The fourth-order valence-corrected chi connectivity index (χ4v) is 3.58. The van der Waals surface area contributed by atoms with Crippen molar-refractivity contribution in [3.63, 3.8) is 0 Å². The largest absolute Gasteiger partial charge is 0.416 e. The Labute approximate surface area is 186 Å². The summed E-state index contributed by atoms with van der Waals surface area (Å²) in [5.74, 6) is 0.00136. The number of benzene rings is 1. The van der Waals surface area contributed by atoms with Crippen molar-refractivity contribution in [1.82, 2.24) is 19.5 Å². The molecule has 0 saturated carbocycles. The van der Waals surface area contributed by atoms with Crippen LogP contribution in [0.2, 0.25) is 0 Å². The highest BCUT2D eigenvalue weighted by atomic mass is 19.4. The molecular formula is C19H17F6N5O4. The van der Waals surface area contributed by atoms with E-state index >= 15 is 0 Å². The fraction of sp³-hybridized carbons (Fsp3) is 0.421. The van der Waals surface area contributed by atoms with E-state index in [1.54, 1.807) is 0 Å². The number of alkyl halides is 6. The highest BCUT2D eigenvalue weighted by Gasteiger charge is 2.44. The standard InChI is InChI=1S/C19H17F6N5O4/c20-18(21,22)9-1-8(2-10(3-9)19(23,24)25)4-26-15-12-16(28-6-27-15)30(7-29-12)17-14(33)13(32)11(5-31)34-17/h1-3,6-7,11,13-14,17,31-33H,4-5H2,(H,26,27,28)/t11-,13-,14-,17?/m1/s1. The molecule has 1 aromatic carbocycles. The number of aliphatic hydroxyl groups excluding tert-OH is 3. The van der Waals surface area contributed by atoms with Gasteiger partial charge in [0.05, 0.1) is 24.1 Å². The smallest absolute Gasteiger partial charge is 0.394 e. The van der Waals surface area contributed by atoms with Gasteiger partial charge in [-0.2, -0.15) is 26.3 Å². The first kappa shape index (κ1) is 24.1. The second-order valence-corrected chi connectivity index (χ2v) is 7.54. The average molecular weight is 493 g/mol. The number of ether oxygens (including phenoxy) is 1. The summed E-state index contributed by atoms with van der Waals surface area (Å²) in [7, 11) is 0. The van der Waals surface area contributed by atoms with E-state index in [9.17, 15) is 41.7 Å². The van der Waals surface area contributed by atoms with Gasteiger partial charge in [0.2, 0.25) is 0 Å². The van der Waals surface area contributed by atoms with E-state index in [1.807, 2.05) is 0 Å². The van der Waals surface area contributed by atoms with Gasteiger partial charge in [-0.05, 0) is 23.8 Å². The zero-order valence-corrected chi connectivity index (χ0v) is 16.9.